The molecule has 34 heavy (non-hydrogen) atoms. The van der Waals surface area contributed by atoms with Gasteiger partial charge in [0.15, 0.2) is 0 Å². The molecule has 1 saturated heterocycles. The molecule has 0 spiro atoms. The van der Waals surface area contributed by atoms with Crippen molar-refractivity contribution in [2.45, 2.75) is 46.5 Å². The van der Waals surface area contributed by atoms with Crippen LogP contribution in [0.15, 0.2) is 35.1 Å². The van der Waals surface area contributed by atoms with Crippen LogP contribution in [0.2, 0.25) is 0 Å². The van der Waals surface area contributed by atoms with Crippen molar-refractivity contribution in [2.24, 2.45) is 0 Å². The average molecular weight is 460 g/mol. The largest absolute Gasteiger partial charge is 0.381 e. The lowest BCUT2D eigenvalue weighted by atomic mass is 9.99. The second kappa shape index (κ2) is 8.68. The number of carbonyl (C=O) groups excluding carboxylic acids is 1. The molecule has 1 N–H and O–H groups in total. The number of anilines is 1. The second-order valence-electron chi connectivity index (χ2n) is 9.08. The fourth-order valence-electron chi connectivity index (χ4n) is 4.97. The molecule has 0 radical (unpaired) electrons. The lowest BCUT2D eigenvalue weighted by molar-refractivity contribution is 0.0834. The Morgan fingerprint density at radius 3 is 2.59 bits per heavy atom. The minimum atomic E-state index is -0.290. The van der Waals surface area contributed by atoms with Gasteiger partial charge in [0.1, 0.15) is 5.82 Å². The predicted octanol–water partition coefficient (Wildman–Crippen LogP) is 4.06. The minimum Gasteiger partial charge on any atom is -0.381 e. The van der Waals surface area contributed by atoms with Crippen LogP contribution in [0.4, 0.5) is 5.69 Å². The SMILES string of the molecule is CCN(C(=O)c1cc2c(cc1C)[nH]c(=O)c1nnc(C3CCOCC3)n12)c1ccc(C)cc1C. The van der Waals surface area contributed by atoms with E-state index >= 15 is 0 Å². The third-order valence-corrected chi connectivity index (χ3v) is 6.74. The van der Waals surface area contributed by atoms with Crippen molar-refractivity contribution in [3.8, 4) is 0 Å². The summed E-state index contributed by atoms with van der Waals surface area (Å²) in [5, 5.41) is 8.58. The molecule has 0 saturated carbocycles. The van der Waals surface area contributed by atoms with Crippen molar-refractivity contribution in [2.75, 3.05) is 24.7 Å². The van der Waals surface area contributed by atoms with Crippen molar-refractivity contribution in [1.29, 1.82) is 0 Å². The van der Waals surface area contributed by atoms with Gasteiger partial charge in [0.25, 0.3) is 11.5 Å². The summed E-state index contributed by atoms with van der Waals surface area (Å²) >= 11 is 0. The zero-order valence-electron chi connectivity index (χ0n) is 20.0. The van der Waals surface area contributed by atoms with E-state index in [4.69, 9.17) is 4.74 Å². The zero-order valence-corrected chi connectivity index (χ0v) is 20.0. The van der Waals surface area contributed by atoms with Gasteiger partial charge in [-0.3, -0.25) is 14.0 Å². The molecule has 2 aromatic heterocycles. The number of hydrogen-bond acceptors (Lipinski definition) is 5. The summed E-state index contributed by atoms with van der Waals surface area (Å²) in [6.45, 7) is 9.81. The number of carbonyl (C=O) groups is 1. The first kappa shape index (κ1) is 22.3. The Morgan fingerprint density at radius 1 is 1.12 bits per heavy atom. The molecular formula is C26H29N5O3. The van der Waals surface area contributed by atoms with E-state index in [0.717, 1.165) is 46.6 Å². The number of aromatic amines is 1. The number of H-pyrrole nitrogens is 1. The number of benzene rings is 2. The lowest BCUT2D eigenvalue weighted by Crippen LogP contribution is -2.32. The van der Waals surface area contributed by atoms with E-state index in [1.54, 1.807) is 4.90 Å². The molecule has 1 fully saturated rings. The summed E-state index contributed by atoms with van der Waals surface area (Å²) in [6.07, 6.45) is 1.64. The van der Waals surface area contributed by atoms with Crippen LogP contribution in [-0.4, -0.2) is 45.2 Å². The molecule has 8 nitrogen and oxygen atoms in total. The van der Waals surface area contributed by atoms with Crippen LogP contribution < -0.4 is 10.5 Å². The molecule has 176 valence electrons. The molecule has 0 unspecified atom stereocenters. The van der Waals surface area contributed by atoms with Crippen LogP contribution >= 0.6 is 0 Å². The predicted molar refractivity (Wildman–Crippen MR) is 132 cm³/mol. The molecule has 1 aliphatic heterocycles. The second-order valence-corrected chi connectivity index (χ2v) is 9.08. The molecule has 4 aromatic rings. The minimum absolute atomic E-state index is 0.0751. The number of amides is 1. The number of hydrogen-bond donors (Lipinski definition) is 1. The Kier molecular flexibility index (Phi) is 5.69. The Bertz CT molecular complexity index is 1460. The van der Waals surface area contributed by atoms with Gasteiger partial charge in [-0.2, -0.15) is 0 Å². The first-order chi connectivity index (χ1) is 16.4. The lowest BCUT2D eigenvalue weighted by Gasteiger charge is -2.24. The van der Waals surface area contributed by atoms with Gasteiger partial charge in [0.05, 0.1) is 11.0 Å². The topological polar surface area (TPSA) is 92.6 Å². The normalized spacial score (nSPS) is 14.7. The van der Waals surface area contributed by atoms with Crippen LogP contribution in [0, 0.1) is 20.8 Å². The van der Waals surface area contributed by atoms with Crippen LogP contribution in [0.5, 0.6) is 0 Å². The molecule has 0 bridgehead atoms. The number of aryl methyl sites for hydroxylation is 3. The number of ether oxygens (including phenoxy) is 1. The monoisotopic (exact) mass is 459 g/mol. The fraction of sp³-hybridized carbons (Fsp3) is 0.385. The van der Waals surface area contributed by atoms with Crippen LogP contribution in [0.3, 0.4) is 0 Å². The van der Waals surface area contributed by atoms with Gasteiger partial charge in [-0.05, 0) is 69.9 Å². The summed E-state index contributed by atoms with van der Waals surface area (Å²) < 4.78 is 7.34. The van der Waals surface area contributed by atoms with E-state index in [1.165, 1.54) is 0 Å². The molecule has 8 heteroatoms. The van der Waals surface area contributed by atoms with E-state index in [9.17, 15) is 9.59 Å². The van der Waals surface area contributed by atoms with Crippen molar-refractivity contribution in [3.05, 3.63) is 68.8 Å². The van der Waals surface area contributed by atoms with Gasteiger partial charge < -0.3 is 14.6 Å². The maximum atomic E-state index is 13.8. The van der Waals surface area contributed by atoms with Crippen LogP contribution in [0.1, 0.15) is 58.6 Å². The van der Waals surface area contributed by atoms with Gasteiger partial charge in [-0.1, -0.05) is 17.7 Å². The van der Waals surface area contributed by atoms with Gasteiger partial charge in [0, 0.05) is 36.9 Å². The molecule has 5 rings (SSSR count). The summed E-state index contributed by atoms with van der Waals surface area (Å²) in [6, 6.07) is 9.85. The highest BCUT2D eigenvalue weighted by Crippen LogP contribution is 2.29. The highest BCUT2D eigenvalue weighted by atomic mass is 16.5. The number of fused-ring (bicyclic) bond motifs is 3. The molecular weight excluding hydrogens is 430 g/mol. The average Bonchev–Trinajstić information content (AvgIpc) is 3.27. The number of rotatable bonds is 4. The highest BCUT2D eigenvalue weighted by molar-refractivity contribution is 6.09. The molecule has 2 aromatic carbocycles. The number of nitrogens with one attached hydrogen (secondary N) is 1. The fourth-order valence-corrected chi connectivity index (χ4v) is 4.97. The van der Waals surface area contributed by atoms with Crippen LogP contribution in [-0.2, 0) is 4.74 Å². The molecule has 1 amide bonds. The van der Waals surface area contributed by atoms with Crippen LogP contribution in [0.25, 0.3) is 16.7 Å². The Morgan fingerprint density at radius 2 is 1.88 bits per heavy atom. The quantitative estimate of drug-likeness (QED) is 0.497. The Balaban J connectivity index is 1.68. The summed E-state index contributed by atoms with van der Waals surface area (Å²) in [4.78, 5) is 31.3. The first-order valence-electron chi connectivity index (χ1n) is 11.8. The van der Waals surface area contributed by atoms with Crippen molar-refractivity contribution in [3.63, 3.8) is 0 Å². The van der Waals surface area contributed by atoms with E-state index in [2.05, 4.69) is 21.2 Å². The van der Waals surface area contributed by atoms with E-state index in [1.807, 2.05) is 56.4 Å². The first-order valence-corrected chi connectivity index (χ1v) is 11.8. The molecule has 0 atom stereocenters. The van der Waals surface area contributed by atoms with Crippen molar-refractivity contribution >= 4 is 28.3 Å². The summed E-state index contributed by atoms with van der Waals surface area (Å²) in [5.41, 5.74) is 5.86. The van der Waals surface area contributed by atoms with Gasteiger partial charge in [0.2, 0.25) is 5.65 Å². The highest BCUT2D eigenvalue weighted by Gasteiger charge is 2.25. The third kappa shape index (κ3) is 3.68. The Hall–Kier alpha value is -3.52. The van der Waals surface area contributed by atoms with E-state index < -0.39 is 0 Å². The zero-order chi connectivity index (χ0) is 24.0. The van der Waals surface area contributed by atoms with Crippen molar-refractivity contribution in [1.82, 2.24) is 19.6 Å². The van der Waals surface area contributed by atoms with E-state index in [0.29, 0.717) is 30.8 Å². The number of nitrogens with zero attached hydrogens (tertiary/aromatic N) is 4. The van der Waals surface area contributed by atoms with Gasteiger partial charge in [-0.25, -0.2) is 0 Å². The number of aromatic nitrogens is 4. The maximum Gasteiger partial charge on any atom is 0.294 e. The smallest absolute Gasteiger partial charge is 0.294 e. The van der Waals surface area contributed by atoms with E-state index in [-0.39, 0.29) is 23.0 Å². The maximum absolute atomic E-state index is 13.8. The standard InChI is InChI=1S/C26H29N5O3/c1-5-30(21-7-6-15(2)12-17(21)4)26(33)19-14-22-20(13-16(19)3)27-25(32)24-29-28-23(31(22)24)18-8-10-34-11-9-18/h6-7,12-14,18H,5,8-11H2,1-4H3,(H,27,32). The Labute approximate surface area is 197 Å². The summed E-state index contributed by atoms with van der Waals surface area (Å²) in [5.74, 6) is 0.823. The molecule has 3 heterocycles. The van der Waals surface area contributed by atoms with Gasteiger partial charge in [-0.15, -0.1) is 10.2 Å². The summed E-state index contributed by atoms with van der Waals surface area (Å²) in [7, 11) is 0. The van der Waals surface area contributed by atoms with Crippen molar-refractivity contribution < 1.29 is 9.53 Å². The van der Waals surface area contributed by atoms with Gasteiger partial charge >= 0.3 is 0 Å². The molecule has 1 aliphatic rings. The third-order valence-electron chi connectivity index (χ3n) is 6.74. The molecule has 0 aliphatic carbocycles.